The third-order valence-electron chi connectivity index (χ3n) is 5.38. The summed E-state index contributed by atoms with van der Waals surface area (Å²) in [5.41, 5.74) is 0.838. The molecule has 1 heterocycles. The number of benzene rings is 2. The summed E-state index contributed by atoms with van der Waals surface area (Å²) in [7, 11) is -3.76. The predicted octanol–water partition coefficient (Wildman–Crippen LogP) is 3.68. The largest absolute Gasteiger partial charge is 0.488 e. The van der Waals surface area contributed by atoms with Gasteiger partial charge in [-0.15, -0.1) is 0 Å². The molecule has 1 amide bonds. The summed E-state index contributed by atoms with van der Waals surface area (Å²) >= 11 is 5.95. The van der Waals surface area contributed by atoms with Crippen molar-refractivity contribution in [1.82, 2.24) is 9.21 Å². The van der Waals surface area contributed by atoms with E-state index in [0.29, 0.717) is 23.7 Å². The van der Waals surface area contributed by atoms with Gasteiger partial charge in [-0.3, -0.25) is 0 Å². The molecule has 3 rings (SSSR count). The number of aliphatic hydroxyl groups is 1. The number of ether oxygens (including phenoxy) is 1. The van der Waals surface area contributed by atoms with Crippen LogP contribution in [0.1, 0.15) is 25.8 Å². The number of piperidine rings is 1. The van der Waals surface area contributed by atoms with Gasteiger partial charge in [-0.2, -0.15) is 4.31 Å². The van der Waals surface area contributed by atoms with Crippen LogP contribution in [0.4, 0.5) is 4.79 Å². The first kappa shape index (κ1) is 25.3. The van der Waals surface area contributed by atoms with Crippen molar-refractivity contribution in [2.75, 3.05) is 19.6 Å². The molecule has 1 fully saturated rings. The van der Waals surface area contributed by atoms with Crippen LogP contribution in [0.25, 0.3) is 0 Å². The average molecular weight is 497 g/mol. The molecule has 0 unspecified atom stereocenters. The molecular weight excluding hydrogens is 468 g/mol. The first-order valence-electron chi connectivity index (χ1n) is 10.7. The quantitative estimate of drug-likeness (QED) is 0.577. The van der Waals surface area contributed by atoms with Gasteiger partial charge >= 0.3 is 6.09 Å². The SMILES string of the molecule is CC(C)CN(Cc1ccc(Cl)cc1)S(=O)(=O)c1ccc(O[C@@H]2CCN(C(=O)O)C[C@H]2O)cc1. The van der Waals surface area contributed by atoms with Crippen molar-refractivity contribution in [2.24, 2.45) is 5.92 Å². The highest BCUT2D eigenvalue weighted by Crippen LogP contribution is 2.25. The fourth-order valence-corrected chi connectivity index (χ4v) is 5.40. The summed E-state index contributed by atoms with van der Waals surface area (Å²) in [6, 6.07) is 13.2. The van der Waals surface area contributed by atoms with Gasteiger partial charge in [0.05, 0.1) is 11.4 Å². The minimum absolute atomic E-state index is 0.0265. The van der Waals surface area contributed by atoms with Gasteiger partial charge in [-0.25, -0.2) is 13.2 Å². The van der Waals surface area contributed by atoms with E-state index in [4.69, 9.17) is 21.4 Å². The van der Waals surface area contributed by atoms with E-state index in [1.54, 1.807) is 24.3 Å². The molecule has 0 spiro atoms. The number of sulfonamides is 1. The molecule has 180 valence electrons. The lowest BCUT2D eigenvalue weighted by Crippen LogP contribution is -2.50. The zero-order valence-corrected chi connectivity index (χ0v) is 20.2. The summed E-state index contributed by atoms with van der Waals surface area (Å²) in [5, 5.41) is 19.8. The van der Waals surface area contributed by atoms with E-state index in [9.17, 15) is 18.3 Å². The second-order valence-corrected chi connectivity index (χ2v) is 10.9. The third kappa shape index (κ3) is 6.60. The Morgan fingerprint density at radius 1 is 1.18 bits per heavy atom. The van der Waals surface area contributed by atoms with E-state index in [2.05, 4.69) is 0 Å². The maximum atomic E-state index is 13.4. The topological polar surface area (TPSA) is 107 Å². The molecule has 33 heavy (non-hydrogen) atoms. The minimum atomic E-state index is -3.76. The highest BCUT2D eigenvalue weighted by Gasteiger charge is 2.32. The second kappa shape index (κ2) is 10.7. The van der Waals surface area contributed by atoms with Crippen LogP contribution in [0.15, 0.2) is 53.4 Å². The van der Waals surface area contributed by atoms with Crippen molar-refractivity contribution in [1.29, 1.82) is 0 Å². The minimum Gasteiger partial charge on any atom is -0.488 e. The number of β-amino-alcohol motifs (C(OH)–C–C–N with tert-alkyl or cyclic N) is 1. The predicted molar refractivity (Wildman–Crippen MR) is 125 cm³/mol. The molecule has 8 nitrogen and oxygen atoms in total. The molecule has 10 heteroatoms. The molecule has 2 aromatic carbocycles. The Morgan fingerprint density at radius 2 is 1.82 bits per heavy atom. The molecule has 2 N–H and O–H groups in total. The lowest BCUT2D eigenvalue weighted by Gasteiger charge is -2.34. The van der Waals surface area contributed by atoms with E-state index >= 15 is 0 Å². The van der Waals surface area contributed by atoms with Gasteiger partial charge in [-0.05, 0) is 47.9 Å². The van der Waals surface area contributed by atoms with Crippen LogP contribution in [0.5, 0.6) is 5.75 Å². The molecule has 1 aliphatic heterocycles. The fourth-order valence-electron chi connectivity index (χ4n) is 3.68. The van der Waals surface area contributed by atoms with Crippen molar-refractivity contribution in [2.45, 2.75) is 43.9 Å². The zero-order chi connectivity index (χ0) is 24.2. The molecule has 0 aromatic heterocycles. The molecular formula is C23H29ClN2O6S. The Morgan fingerprint density at radius 3 is 2.36 bits per heavy atom. The summed E-state index contributed by atoms with van der Waals surface area (Å²) < 4.78 is 34.0. The normalized spacial score (nSPS) is 19.2. The van der Waals surface area contributed by atoms with Gasteiger partial charge in [0.1, 0.15) is 18.0 Å². The molecule has 2 atom stereocenters. The van der Waals surface area contributed by atoms with Crippen LogP contribution in [-0.4, -0.2) is 65.8 Å². The maximum absolute atomic E-state index is 13.4. The monoisotopic (exact) mass is 496 g/mol. The number of carboxylic acid groups (broad SMARTS) is 1. The van der Waals surface area contributed by atoms with Crippen LogP contribution in [0.3, 0.4) is 0 Å². The summed E-state index contributed by atoms with van der Waals surface area (Å²) in [4.78, 5) is 12.3. The lowest BCUT2D eigenvalue weighted by molar-refractivity contribution is -0.0200. The van der Waals surface area contributed by atoms with Gasteiger partial charge in [-0.1, -0.05) is 37.6 Å². The second-order valence-electron chi connectivity index (χ2n) is 8.53. The molecule has 1 aliphatic rings. The molecule has 1 saturated heterocycles. The van der Waals surface area contributed by atoms with Gasteiger partial charge in [0.15, 0.2) is 0 Å². The standard InChI is InChI=1S/C23H29ClN2O6S/c1-16(2)13-26(14-17-3-5-18(24)6-4-17)33(30,31)20-9-7-19(8-10-20)32-22-11-12-25(23(28)29)15-21(22)27/h3-10,16,21-22,27H,11-15H2,1-2H3,(H,28,29)/t21-,22-/m1/s1. The van der Waals surface area contributed by atoms with Crippen LogP contribution in [0, 0.1) is 5.92 Å². The zero-order valence-electron chi connectivity index (χ0n) is 18.6. The molecule has 0 aliphatic carbocycles. The molecule has 2 aromatic rings. The Bertz CT molecular complexity index is 1040. The number of aliphatic hydroxyl groups excluding tert-OH is 1. The van der Waals surface area contributed by atoms with E-state index < -0.39 is 28.3 Å². The van der Waals surface area contributed by atoms with Gasteiger partial charge < -0.3 is 19.8 Å². The number of hydrogen-bond donors (Lipinski definition) is 2. The van der Waals surface area contributed by atoms with E-state index in [-0.39, 0.29) is 30.4 Å². The van der Waals surface area contributed by atoms with Crippen molar-refractivity contribution in [3.63, 3.8) is 0 Å². The molecule has 0 saturated carbocycles. The number of nitrogens with zero attached hydrogens (tertiary/aromatic N) is 2. The van der Waals surface area contributed by atoms with Crippen molar-refractivity contribution < 1.29 is 28.2 Å². The van der Waals surface area contributed by atoms with E-state index in [1.807, 2.05) is 26.0 Å². The highest BCUT2D eigenvalue weighted by atomic mass is 35.5. The Labute approximate surface area is 199 Å². The smallest absolute Gasteiger partial charge is 0.407 e. The summed E-state index contributed by atoms with van der Waals surface area (Å²) in [6.45, 7) is 4.74. The van der Waals surface area contributed by atoms with Gasteiger partial charge in [0, 0.05) is 31.1 Å². The van der Waals surface area contributed by atoms with Gasteiger partial charge in [0.25, 0.3) is 0 Å². The van der Waals surface area contributed by atoms with Crippen LogP contribution in [-0.2, 0) is 16.6 Å². The Kier molecular flexibility index (Phi) is 8.23. The summed E-state index contributed by atoms with van der Waals surface area (Å²) in [5.74, 6) is 0.544. The first-order chi connectivity index (χ1) is 15.6. The Hall–Kier alpha value is -2.33. The number of likely N-dealkylation sites (tertiary alicyclic amines) is 1. The van der Waals surface area contributed by atoms with E-state index in [0.717, 1.165) is 10.5 Å². The van der Waals surface area contributed by atoms with E-state index in [1.165, 1.54) is 16.4 Å². The lowest BCUT2D eigenvalue weighted by atomic mass is 10.1. The maximum Gasteiger partial charge on any atom is 0.407 e. The number of carbonyl (C=O) groups is 1. The molecule has 0 bridgehead atoms. The fraction of sp³-hybridized carbons (Fsp3) is 0.435. The molecule has 0 radical (unpaired) electrons. The first-order valence-corrected chi connectivity index (χ1v) is 12.6. The Balaban J connectivity index is 1.72. The number of hydrogen-bond acceptors (Lipinski definition) is 5. The van der Waals surface area contributed by atoms with Crippen molar-refractivity contribution in [3.05, 3.63) is 59.1 Å². The van der Waals surface area contributed by atoms with Crippen LogP contribution in [0.2, 0.25) is 5.02 Å². The average Bonchev–Trinajstić information content (AvgIpc) is 2.76. The number of halogens is 1. The summed E-state index contributed by atoms with van der Waals surface area (Å²) in [6.07, 6.45) is -2.26. The number of amides is 1. The van der Waals surface area contributed by atoms with Crippen LogP contribution >= 0.6 is 11.6 Å². The van der Waals surface area contributed by atoms with Crippen LogP contribution < -0.4 is 4.74 Å². The van der Waals surface area contributed by atoms with Gasteiger partial charge in [0.2, 0.25) is 10.0 Å². The highest BCUT2D eigenvalue weighted by molar-refractivity contribution is 7.89. The number of rotatable bonds is 8. The van der Waals surface area contributed by atoms with Crippen molar-refractivity contribution in [3.8, 4) is 5.75 Å². The third-order valence-corrected chi connectivity index (χ3v) is 7.46. The van der Waals surface area contributed by atoms with Crippen molar-refractivity contribution >= 4 is 27.7 Å².